The summed E-state index contributed by atoms with van der Waals surface area (Å²) >= 11 is 6.06. The average molecular weight is 282 g/mol. The molecule has 1 unspecified atom stereocenters. The van der Waals surface area contributed by atoms with Crippen molar-refractivity contribution < 1.29 is 4.39 Å². The van der Waals surface area contributed by atoms with Crippen LogP contribution in [0.15, 0.2) is 29.8 Å². The molecule has 0 fully saturated rings. The van der Waals surface area contributed by atoms with Crippen molar-refractivity contribution in [2.75, 3.05) is 6.54 Å². The molecule has 1 N–H and O–H groups in total. The van der Waals surface area contributed by atoms with E-state index in [1.807, 2.05) is 0 Å². The summed E-state index contributed by atoms with van der Waals surface area (Å²) < 4.78 is 13.0. The number of nitrogens with one attached hydrogen (secondary N) is 1. The van der Waals surface area contributed by atoms with Crippen LogP contribution in [-0.2, 0) is 0 Å². The number of hydrogen-bond acceptors (Lipinski definition) is 1. The summed E-state index contributed by atoms with van der Waals surface area (Å²) in [6, 6.07) is 4.74. The highest BCUT2D eigenvalue weighted by Crippen LogP contribution is 2.24. The summed E-state index contributed by atoms with van der Waals surface area (Å²) in [4.78, 5) is 0. The first-order chi connectivity index (χ1) is 9.16. The molecule has 19 heavy (non-hydrogen) atoms. The van der Waals surface area contributed by atoms with Gasteiger partial charge in [-0.25, -0.2) is 4.39 Å². The van der Waals surface area contributed by atoms with E-state index in [0.717, 1.165) is 18.5 Å². The van der Waals surface area contributed by atoms with Crippen molar-refractivity contribution in [1.82, 2.24) is 5.32 Å². The molecule has 0 heterocycles. The van der Waals surface area contributed by atoms with Crippen molar-refractivity contribution in [1.29, 1.82) is 0 Å². The van der Waals surface area contributed by atoms with E-state index in [9.17, 15) is 4.39 Å². The van der Waals surface area contributed by atoms with Crippen LogP contribution < -0.4 is 5.32 Å². The van der Waals surface area contributed by atoms with E-state index >= 15 is 0 Å². The molecule has 0 aromatic heterocycles. The first-order valence-corrected chi connectivity index (χ1v) is 7.41. The number of benzene rings is 1. The third kappa shape index (κ3) is 4.32. The molecule has 1 aromatic carbocycles. The fourth-order valence-electron chi connectivity index (χ4n) is 2.54. The largest absolute Gasteiger partial charge is 0.310 e. The SMILES string of the molecule is CC(NCCC1=CCCCC1)c1ccc(F)cc1Cl. The molecule has 1 aromatic rings. The Morgan fingerprint density at radius 2 is 2.21 bits per heavy atom. The first-order valence-electron chi connectivity index (χ1n) is 7.03. The average Bonchev–Trinajstić information content (AvgIpc) is 2.39. The molecule has 0 saturated carbocycles. The summed E-state index contributed by atoms with van der Waals surface area (Å²) in [5.74, 6) is -0.284. The van der Waals surface area contributed by atoms with Gasteiger partial charge in [0, 0.05) is 11.1 Å². The molecular weight excluding hydrogens is 261 g/mol. The van der Waals surface area contributed by atoms with Gasteiger partial charge in [-0.3, -0.25) is 0 Å². The lowest BCUT2D eigenvalue weighted by Gasteiger charge is -2.17. The van der Waals surface area contributed by atoms with Crippen LogP contribution >= 0.6 is 11.6 Å². The quantitative estimate of drug-likeness (QED) is 0.747. The zero-order valence-corrected chi connectivity index (χ0v) is 12.1. The van der Waals surface area contributed by atoms with E-state index in [4.69, 9.17) is 11.6 Å². The highest BCUT2D eigenvalue weighted by molar-refractivity contribution is 6.31. The Balaban J connectivity index is 1.83. The van der Waals surface area contributed by atoms with Crippen LogP contribution in [0.1, 0.15) is 50.6 Å². The number of halogens is 2. The molecule has 1 aliphatic rings. The fourth-order valence-corrected chi connectivity index (χ4v) is 2.87. The zero-order valence-electron chi connectivity index (χ0n) is 11.4. The molecule has 1 nitrogen and oxygen atoms in total. The normalized spacial score (nSPS) is 17.1. The molecule has 0 aliphatic heterocycles. The summed E-state index contributed by atoms with van der Waals surface area (Å²) in [5.41, 5.74) is 2.52. The minimum absolute atomic E-state index is 0.150. The third-order valence-electron chi connectivity index (χ3n) is 3.71. The molecule has 1 aliphatic carbocycles. The monoisotopic (exact) mass is 281 g/mol. The minimum Gasteiger partial charge on any atom is -0.310 e. The molecular formula is C16H21ClFN. The van der Waals surface area contributed by atoms with Crippen LogP contribution in [-0.4, -0.2) is 6.54 Å². The van der Waals surface area contributed by atoms with Crippen molar-refractivity contribution in [3.8, 4) is 0 Å². The Morgan fingerprint density at radius 3 is 2.89 bits per heavy atom. The van der Waals surface area contributed by atoms with Crippen LogP contribution in [0, 0.1) is 5.82 Å². The maximum absolute atomic E-state index is 13.0. The third-order valence-corrected chi connectivity index (χ3v) is 4.04. The van der Waals surface area contributed by atoms with Gasteiger partial charge in [0.15, 0.2) is 0 Å². The van der Waals surface area contributed by atoms with E-state index in [0.29, 0.717) is 5.02 Å². The van der Waals surface area contributed by atoms with Crippen molar-refractivity contribution >= 4 is 11.6 Å². The van der Waals surface area contributed by atoms with Gasteiger partial charge in [0.2, 0.25) is 0 Å². The van der Waals surface area contributed by atoms with Crippen LogP contribution in [0.5, 0.6) is 0 Å². The van der Waals surface area contributed by atoms with Gasteiger partial charge in [-0.15, -0.1) is 0 Å². The van der Waals surface area contributed by atoms with E-state index in [2.05, 4.69) is 18.3 Å². The van der Waals surface area contributed by atoms with Gasteiger partial charge in [-0.1, -0.05) is 29.3 Å². The van der Waals surface area contributed by atoms with Gasteiger partial charge in [-0.05, 0) is 63.3 Å². The first kappa shape index (κ1) is 14.5. The van der Waals surface area contributed by atoms with Gasteiger partial charge >= 0.3 is 0 Å². The Hall–Kier alpha value is -0.860. The molecule has 1 atom stereocenters. The second kappa shape index (κ2) is 7.06. The van der Waals surface area contributed by atoms with Gasteiger partial charge in [0.25, 0.3) is 0 Å². The van der Waals surface area contributed by atoms with E-state index in [-0.39, 0.29) is 11.9 Å². The Kier molecular flexibility index (Phi) is 5.41. The fraction of sp³-hybridized carbons (Fsp3) is 0.500. The topological polar surface area (TPSA) is 12.0 Å². The smallest absolute Gasteiger partial charge is 0.124 e. The highest BCUT2D eigenvalue weighted by Gasteiger charge is 2.10. The van der Waals surface area contributed by atoms with Crippen LogP contribution in [0.2, 0.25) is 5.02 Å². The maximum atomic E-state index is 13.0. The lowest BCUT2D eigenvalue weighted by molar-refractivity contribution is 0.560. The second-order valence-corrected chi connectivity index (χ2v) is 5.61. The predicted octanol–water partition coefficient (Wildman–Crippen LogP) is 5.02. The van der Waals surface area contributed by atoms with Crippen molar-refractivity contribution in [2.24, 2.45) is 0 Å². The number of hydrogen-bond donors (Lipinski definition) is 1. The number of rotatable bonds is 5. The molecule has 0 amide bonds. The summed E-state index contributed by atoms with van der Waals surface area (Å²) in [6.07, 6.45) is 8.61. The Labute approximate surface area is 119 Å². The van der Waals surface area contributed by atoms with Crippen molar-refractivity contribution in [3.05, 3.63) is 46.3 Å². The molecule has 0 saturated heterocycles. The Bertz CT molecular complexity index is 456. The molecule has 0 bridgehead atoms. The van der Waals surface area contributed by atoms with E-state index < -0.39 is 0 Å². The predicted molar refractivity (Wildman–Crippen MR) is 79.0 cm³/mol. The molecule has 2 rings (SSSR count). The van der Waals surface area contributed by atoms with E-state index in [1.54, 1.807) is 11.6 Å². The second-order valence-electron chi connectivity index (χ2n) is 5.20. The maximum Gasteiger partial charge on any atom is 0.124 e. The van der Waals surface area contributed by atoms with Gasteiger partial charge in [-0.2, -0.15) is 0 Å². The molecule has 104 valence electrons. The van der Waals surface area contributed by atoms with Gasteiger partial charge in [0.1, 0.15) is 5.82 Å². The van der Waals surface area contributed by atoms with Crippen molar-refractivity contribution in [2.45, 2.75) is 45.1 Å². The van der Waals surface area contributed by atoms with Crippen LogP contribution in [0.4, 0.5) is 4.39 Å². The van der Waals surface area contributed by atoms with Gasteiger partial charge in [0.05, 0.1) is 0 Å². The lowest BCUT2D eigenvalue weighted by atomic mass is 9.97. The van der Waals surface area contributed by atoms with Gasteiger partial charge < -0.3 is 5.32 Å². The standard InChI is InChI=1S/C16H21ClFN/c1-12(15-8-7-14(18)11-16(15)17)19-10-9-13-5-3-2-4-6-13/h5,7-8,11-12,19H,2-4,6,9-10H2,1H3. The lowest BCUT2D eigenvalue weighted by Crippen LogP contribution is -2.20. The minimum atomic E-state index is -0.284. The van der Waals surface area contributed by atoms with Crippen molar-refractivity contribution in [3.63, 3.8) is 0 Å². The summed E-state index contributed by atoms with van der Waals surface area (Å²) in [5, 5.41) is 3.96. The zero-order chi connectivity index (χ0) is 13.7. The van der Waals surface area contributed by atoms with E-state index in [1.165, 1.54) is 37.8 Å². The number of allylic oxidation sites excluding steroid dienone is 1. The summed E-state index contributed by atoms with van der Waals surface area (Å²) in [7, 11) is 0. The summed E-state index contributed by atoms with van der Waals surface area (Å²) in [6.45, 7) is 3.01. The Morgan fingerprint density at radius 1 is 1.37 bits per heavy atom. The highest BCUT2D eigenvalue weighted by atomic mass is 35.5. The van der Waals surface area contributed by atoms with Crippen LogP contribution in [0.3, 0.4) is 0 Å². The molecule has 3 heteroatoms. The van der Waals surface area contributed by atoms with Crippen LogP contribution in [0.25, 0.3) is 0 Å². The molecule has 0 radical (unpaired) electrons. The molecule has 0 spiro atoms.